The smallest absolute Gasteiger partial charge is 0.217 e. The molecule has 0 bridgehead atoms. The second-order valence-corrected chi connectivity index (χ2v) is 5.77. The number of allylic oxidation sites excluding steroid dienone is 1. The first-order valence-corrected chi connectivity index (χ1v) is 6.45. The molecule has 0 aromatic carbocycles. The molecule has 18 heavy (non-hydrogen) atoms. The van der Waals surface area contributed by atoms with Crippen molar-refractivity contribution in [2.24, 2.45) is 5.92 Å². The van der Waals surface area contributed by atoms with Gasteiger partial charge in [0.05, 0.1) is 6.04 Å². The Morgan fingerprint density at radius 1 is 1.28 bits per heavy atom. The monoisotopic (exact) mass is 252 g/mol. The Kier molecular flexibility index (Phi) is 4.54. The van der Waals surface area contributed by atoms with E-state index in [2.05, 4.69) is 16.7 Å². The Morgan fingerprint density at radius 3 is 2.39 bits per heavy atom. The first-order chi connectivity index (χ1) is 8.22. The zero-order chi connectivity index (χ0) is 13.9. The van der Waals surface area contributed by atoms with E-state index < -0.39 is 0 Å². The molecule has 1 rings (SSSR count). The zero-order valence-electron chi connectivity index (χ0n) is 12.0. The Bertz CT molecular complexity index is 372. The molecule has 0 heterocycles. The molecule has 0 aliphatic heterocycles. The van der Waals surface area contributed by atoms with E-state index in [0.29, 0.717) is 5.92 Å². The molecule has 1 aliphatic rings. The minimum atomic E-state index is -0.250. The molecular formula is C14H24N2O2. The number of hydrogen-bond donors (Lipinski definition) is 2. The summed E-state index contributed by atoms with van der Waals surface area (Å²) in [6, 6.07) is 0.0919. The SMILES string of the molecule is CC(=O)N[C@H]1C[C@H](C(C)(C)NC(C)=O)CC=C1C. The average Bonchev–Trinajstić information content (AvgIpc) is 2.18. The van der Waals surface area contributed by atoms with Crippen LogP contribution >= 0.6 is 0 Å². The van der Waals surface area contributed by atoms with Gasteiger partial charge in [-0.3, -0.25) is 9.59 Å². The Balaban J connectivity index is 2.76. The standard InChI is InChI=1S/C14H24N2O2/c1-9-6-7-12(8-13(9)15-10(2)17)14(4,5)16-11(3)18/h6,12-13H,7-8H2,1-5H3,(H,15,17)(H,16,18)/t12-,13+/m1/s1. The summed E-state index contributed by atoms with van der Waals surface area (Å²) >= 11 is 0. The van der Waals surface area contributed by atoms with Gasteiger partial charge in [-0.1, -0.05) is 11.6 Å². The molecule has 0 radical (unpaired) electrons. The molecule has 4 heteroatoms. The highest BCUT2D eigenvalue weighted by molar-refractivity contribution is 5.74. The highest BCUT2D eigenvalue weighted by Gasteiger charge is 2.34. The van der Waals surface area contributed by atoms with E-state index in [1.165, 1.54) is 19.4 Å². The summed E-state index contributed by atoms with van der Waals surface area (Å²) < 4.78 is 0. The van der Waals surface area contributed by atoms with Gasteiger partial charge < -0.3 is 10.6 Å². The molecule has 0 aromatic rings. The normalized spacial score (nSPS) is 24.2. The molecule has 0 unspecified atom stereocenters. The molecule has 0 saturated carbocycles. The van der Waals surface area contributed by atoms with E-state index in [9.17, 15) is 9.59 Å². The predicted octanol–water partition coefficient (Wildman–Crippen LogP) is 1.76. The number of carbonyl (C=O) groups is 2. The largest absolute Gasteiger partial charge is 0.351 e. The van der Waals surface area contributed by atoms with Gasteiger partial charge in [-0.2, -0.15) is 0 Å². The fourth-order valence-corrected chi connectivity index (χ4v) is 2.60. The molecule has 1 aliphatic carbocycles. The van der Waals surface area contributed by atoms with Crippen LogP contribution in [-0.2, 0) is 9.59 Å². The maximum Gasteiger partial charge on any atom is 0.217 e. The molecule has 0 fully saturated rings. The Hall–Kier alpha value is -1.32. The third-order valence-corrected chi connectivity index (χ3v) is 3.69. The van der Waals surface area contributed by atoms with E-state index >= 15 is 0 Å². The van der Waals surface area contributed by atoms with Gasteiger partial charge in [-0.15, -0.1) is 0 Å². The third-order valence-electron chi connectivity index (χ3n) is 3.69. The summed E-state index contributed by atoms with van der Waals surface area (Å²) in [5.74, 6) is 0.315. The van der Waals surface area contributed by atoms with E-state index in [-0.39, 0.29) is 23.4 Å². The minimum Gasteiger partial charge on any atom is -0.351 e. The Labute approximate surface area is 109 Å². The second-order valence-electron chi connectivity index (χ2n) is 5.77. The predicted molar refractivity (Wildman–Crippen MR) is 72.0 cm³/mol. The van der Waals surface area contributed by atoms with Gasteiger partial charge in [-0.05, 0) is 39.5 Å². The van der Waals surface area contributed by atoms with Crippen molar-refractivity contribution in [3.8, 4) is 0 Å². The first-order valence-electron chi connectivity index (χ1n) is 6.45. The lowest BCUT2D eigenvalue weighted by Gasteiger charge is -2.39. The second kappa shape index (κ2) is 5.55. The lowest BCUT2D eigenvalue weighted by molar-refractivity contribution is -0.122. The quantitative estimate of drug-likeness (QED) is 0.752. The summed E-state index contributed by atoms with van der Waals surface area (Å²) in [4.78, 5) is 22.4. The van der Waals surface area contributed by atoms with Gasteiger partial charge in [0.1, 0.15) is 0 Å². The minimum absolute atomic E-state index is 0.00858. The van der Waals surface area contributed by atoms with Crippen molar-refractivity contribution in [2.75, 3.05) is 0 Å². The van der Waals surface area contributed by atoms with E-state index in [1.807, 2.05) is 20.8 Å². The van der Waals surface area contributed by atoms with E-state index in [0.717, 1.165) is 12.8 Å². The highest BCUT2D eigenvalue weighted by Crippen LogP contribution is 2.32. The zero-order valence-corrected chi connectivity index (χ0v) is 12.0. The average molecular weight is 252 g/mol. The molecule has 2 N–H and O–H groups in total. The number of hydrogen-bond acceptors (Lipinski definition) is 2. The van der Waals surface area contributed by atoms with Crippen molar-refractivity contribution in [1.82, 2.24) is 10.6 Å². The molecule has 102 valence electrons. The maximum atomic E-state index is 11.2. The maximum absolute atomic E-state index is 11.2. The van der Waals surface area contributed by atoms with Gasteiger partial charge in [0.25, 0.3) is 0 Å². The molecule has 2 amide bonds. The molecule has 2 atom stereocenters. The number of carbonyl (C=O) groups excluding carboxylic acids is 2. The molecule has 0 aromatic heterocycles. The van der Waals surface area contributed by atoms with Crippen LogP contribution in [0.4, 0.5) is 0 Å². The van der Waals surface area contributed by atoms with Crippen LogP contribution in [-0.4, -0.2) is 23.4 Å². The number of amides is 2. The van der Waals surface area contributed by atoms with E-state index in [1.54, 1.807) is 0 Å². The first kappa shape index (κ1) is 14.7. The molecule has 4 nitrogen and oxygen atoms in total. The van der Waals surface area contributed by atoms with Crippen molar-refractivity contribution < 1.29 is 9.59 Å². The summed E-state index contributed by atoms with van der Waals surface area (Å²) in [6.45, 7) is 9.20. The fraction of sp³-hybridized carbons (Fsp3) is 0.714. The van der Waals surface area contributed by atoms with Gasteiger partial charge in [0.2, 0.25) is 11.8 Å². The third kappa shape index (κ3) is 3.86. The van der Waals surface area contributed by atoms with Crippen molar-refractivity contribution >= 4 is 11.8 Å². The topological polar surface area (TPSA) is 58.2 Å². The highest BCUT2D eigenvalue weighted by atomic mass is 16.2. The van der Waals surface area contributed by atoms with Crippen LogP contribution < -0.4 is 10.6 Å². The van der Waals surface area contributed by atoms with Gasteiger partial charge in [0, 0.05) is 19.4 Å². The fourth-order valence-electron chi connectivity index (χ4n) is 2.60. The summed E-state index contributed by atoms with van der Waals surface area (Å²) in [5.41, 5.74) is 0.958. The number of rotatable bonds is 3. The van der Waals surface area contributed by atoms with Crippen molar-refractivity contribution in [3.63, 3.8) is 0 Å². The molecule has 0 spiro atoms. The molecular weight excluding hydrogens is 228 g/mol. The van der Waals surface area contributed by atoms with Crippen molar-refractivity contribution in [1.29, 1.82) is 0 Å². The number of nitrogens with one attached hydrogen (secondary N) is 2. The van der Waals surface area contributed by atoms with Crippen LogP contribution in [0.15, 0.2) is 11.6 Å². The van der Waals surface area contributed by atoms with Crippen LogP contribution in [0.1, 0.15) is 47.5 Å². The van der Waals surface area contributed by atoms with Crippen LogP contribution in [0.25, 0.3) is 0 Å². The summed E-state index contributed by atoms with van der Waals surface area (Å²) in [5, 5.41) is 5.96. The lowest BCUT2D eigenvalue weighted by Crippen LogP contribution is -2.51. The van der Waals surface area contributed by atoms with Crippen LogP contribution in [0.2, 0.25) is 0 Å². The summed E-state index contributed by atoms with van der Waals surface area (Å²) in [7, 11) is 0. The van der Waals surface area contributed by atoms with Gasteiger partial charge in [0.15, 0.2) is 0 Å². The lowest BCUT2D eigenvalue weighted by atomic mass is 9.75. The van der Waals surface area contributed by atoms with E-state index in [4.69, 9.17) is 0 Å². The summed E-state index contributed by atoms with van der Waals surface area (Å²) in [6.07, 6.45) is 3.97. The van der Waals surface area contributed by atoms with Gasteiger partial charge in [-0.25, -0.2) is 0 Å². The van der Waals surface area contributed by atoms with Crippen LogP contribution in [0.5, 0.6) is 0 Å². The van der Waals surface area contributed by atoms with Crippen molar-refractivity contribution in [3.05, 3.63) is 11.6 Å². The van der Waals surface area contributed by atoms with Crippen LogP contribution in [0, 0.1) is 5.92 Å². The van der Waals surface area contributed by atoms with Gasteiger partial charge >= 0.3 is 0 Å². The Morgan fingerprint density at radius 2 is 1.89 bits per heavy atom. The molecule has 0 saturated heterocycles. The van der Waals surface area contributed by atoms with Crippen LogP contribution in [0.3, 0.4) is 0 Å². The van der Waals surface area contributed by atoms with Crippen molar-refractivity contribution in [2.45, 2.75) is 59.0 Å².